The zero-order valence-corrected chi connectivity index (χ0v) is 10.7. The third-order valence-corrected chi connectivity index (χ3v) is 4.49. The van der Waals surface area contributed by atoms with Gasteiger partial charge in [0.25, 0.3) is 0 Å². The average Bonchev–Trinajstić information content (AvgIpc) is 2.74. The molecule has 17 heavy (non-hydrogen) atoms. The van der Waals surface area contributed by atoms with Crippen LogP contribution in [-0.4, -0.2) is 23.7 Å². The monoisotopic (exact) mass is 268 g/mol. The number of imidazole rings is 1. The van der Waals surface area contributed by atoms with Crippen LogP contribution in [-0.2, 0) is 16.4 Å². The number of aromatic amines is 1. The Kier molecular flexibility index (Phi) is 3.44. The Bertz CT molecular complexity index is 641. The number of rotatable bonds is 4. The molecule has 0 bridgehead atoms. The van der Waals surface area contributed by atoms with E-state index in [1.165, 1.54) is 0 Å². The van der Waals surface area contributed by atoms with Gasteiger partial charge >= 0.3 is 0 Å². The van der Waals surface area contributed by atoms with Crippen molar-refractivity contribution in [3.05, 3.63) is 47.5 Å². The lowest BCUT2D eigenvalue weighted by Crippen LogP contribution is -2.12. The van der Waals surface area contributed by atoms with Crippen LogP contribution < -0.4 is 0 Å². The highest BCUT2D eigenvalue weighted by atomic mass is 32.2. The molecule has 1 heterocycles. The lowest BCUT2D eigenvalue weighted by atomic mass is 10.4. The lowest BCUT2D eigenvalue weighted by molar-refractivity contribution is 0.588. The van der Waals surface area contributed by atoms with Crippen LogP contribution in [0, 0.1) is 4.77 Å². The van der Waals surface area contributed by atoms with Crippen molar-refractivity contribution in [2.75, 3.05) is 5.75 Å². The number of nitrogens with zero attached hydrogens (tertiary/aromatic N) is 1. The molecule has 2 rings (SSSR count). The maximum Gasteiger partial charge on any atom is 0.180 e. The van der Waals surface area contributed by atoms with E-state index in [4.69, 9.17) is 12.2 Å². The molecule has 1 aromatic heterocycles. The van der Waals surface area contributed by atoms with Crippen molar-refractivity contribution in [2.45, 2.75) is 11.4 Å². The van der Waals surface area contributed by atoms with Gasteiger partial charge in [0.05, 0.1) is 10.6 Å². The van der Waals surface area contributed by atoms with Crippen LogP contribution in [0.15, 0.2) is 47.6 Å². The van der Waals surface area contributed by atoms with E-state index in [0.717, 1.165) is 0 Å². The van der Waals surface area contributed by atoms with E-state index in [1.54, 1.807) is 47.3 Å². The molecule has 0 fully saturated rings. The molecule has 1 N–H and O–H groups in total. The first-order valence-electron chi connectivity index (χ1n) is 5.11. The lowest BCUT2D eigenvalue weighted by Gasteiger charge is -2.04. The van der Waals surface area contributed by atoms with Gasteiger partial charge in [-0.2, -0.15) is 0 Å². The van der Waals surface area contributed by atoms with Gasteiger partial charge in [0.2, 0.25) is 0 Å². The van der Waals surface area contributed by atoms with Crippen LogP contribution in [0.1, 0.15) is 0 Å². The molecule has 1 aromatic carbocycles. The molecule has 0 saturated heterocycles. The van der Waals surface area contributed by atoms with Crippen molar-refractivity contribution in [2.24, 2.45) is 0 Å². The highest BCUT2D eigenvalue weighted by Gasteiger charge is 2.13. The minimum atomic E-state index is -3.23. The topological polar surface area (TPSA) is 54.9 Å². The van der Waals surface area contributed by atoms with Crippen LogP contribution in [0.4, 0.5) is 0 Å². The standard InChI is InChI=1S/C11H12N2O2S2/c14-17(15,10-4-2-1-3-5-10)9-8-13-7-6-12-11(13)16/h1-7H,8-9H2,(H,12,16). The molecule has 0 unspecified atom stereocenters. The molecule has 0 spiro atoms. The Balaban J connectivity index is 2.15. The quantitative estimate of drug-likeness (QED) is 0.863. The molecule has 6 heteroatoms. The summed E-state index contributed by atoms with van der Waals surface area (Å²) in [6.07, 6.45) is 3.43. The summed E-state index contributed by atoms with van der Waals surface area (Å²) in [4.78, 5) is 3.18. The van der Waals surface area contributed by atoms with Gasteiger partial charge in [-0.25, -0.2) is 8.42 Å². The minimum Gasteiger partial charge on any atom is -0.337 e. The number of aromatic nitrogens is 2. The Morgan fingerprint density at radius 2 is 1.94 bits per heavy atom. The normalized spacial score (nSPS) is 11.5. The van der Waals surface area contributed by atoms with Gasteiger partial charge in [-0.3, -0.25) is 0 Å². The molecular weight excluding hydrogens is 256 g/mol. The van der Waals surface area contributed by atoms with Gasteiger partial charge in [-0.1, -0.05) is 18.2 Å². The Labute approximate surface area is 105 Å². The SMILES string of the molecule is O=S(=O)(CCn1cc[nH]c1=S)c1ccccc1. The number of nitrogens with one attached hydrogen (secondary N) is 1. The molecule has 0 amide bonds. The summed E-state index contributed by atoms with van der Waals surface area (Å²) in [6, 6.07) is 8.43. The second-order valence-electron chi connectivity index (χ2n) is 3.59. The molecule has 4 nitrogen and oxygen atoms in total. The van der Waals surface area contributed by atoms with Crippen LogP contribution in [0.5, 0.6) is 0 Å². The van der Waals surface area contributed by atoms with Crippen molar-refractivity contribution < 1.29 is 8.42 Å². The number of hydrogen-bond acceptors (Lipinski definition) is 3. The van der Waals surface area contributed by atoms with Gasteiger partial charge in [-0.05, 0) is 24.4 Å². The van der Waals surface area contributed by atoms with Crippen LogP contribution in [0.25, 0.3) is 0 Å². The molecule has 0 atom stereocenters. The number of hydrogen-bond donors (Lipinski definition) is 1. The minimum absolute atomic E-state index is 0.0448. The Morgan fingerprint density at radius 3 is 2.53 bits per heavy atom. The van der Waals surface area contributed by atoms with Crippen molar-refractivity contribution in [1.82, 2.24) is 9.55 Å². The highest BCUT2D eigenvalue weighted by Crippen LogP contribution is 2.10. The molecule has 0 radical (unpaired) electrons. The van der Waals surface area contributed by atoms with Crippen molar-refractivity contribution in [3.8, 4) is 0 Å². The van der Waals surface area contributed by atoms with Crippen molar-refractivity contribution in [1.29, 1.82) is 0 Å². The molecule has 0 saturated carbocycles. The third-order valence-electron chi connectivity index (χ3n) is 2.43. The second kappa shape index (κ2) is 4.85. The number of benzene rings is 1. The van der Waals surface area contributed by atoms with E-state index < -0.39 is 9.84 Å². The summed E-state index contributed by atoms with van der Waals surface area (Å²) in [5.74, 6) is 0.0448. The fraction of sp³-hybridized carbons (Fsp3) is 0.182. The number of H-pyrrole nitrogens is 1. The van der Waals surface area contributed by atoms with Crippen molar-refractivity contribution in [3.63, 3.8) is 0 Å². The average molecular weight is 268 g/mol. The number of aryl methyl sites for hydroxylation is 1. The van der Waals surface area contributed by atoms with E-state index in [1.807, 2.05) is 0 Å². The Morgan fingerprint density at radius 1 is 1.24 bits per heavy atom. The van der Waals surface area contributed by atoms with Crippen LogP contribution >= 0.6 is 12.2 Å². The van der Waals surface area contributed by atoms with Gasteiger partial charge in [0.1, 0.15) is 0 Å². The predicted molar refractivity (Wildman–Crippen MR) is 68.1 cm³/mol. The third kappa shape index (κ3) is 2.83. The summed E-state index contributed by atoms with van der Waals surface area (Å²) in [5.41, 5.74) is 0. The summed E-state index contributed by atoms with van der Waals surface area (Å²) in [7, 11) is -3.23. The molecule has 0 aliphatic carbocycles. The van der Waals surface area contributed by atoms with Crippen LogP contribution in [0.2, 0.25) is 0 Å². The van der Waals surface area contributed by atoms with E-state index in [2.05, 4.69) is 4.98 Å². The van der Waals surface area contributed by atoms with Gasteiger partial charge < -0.3 is 9.55 Å². The first kappa shape index (κ1) is 12.1. The fourth-order valence-corrected chi connectivity index (χ4v) is 2.95. The van der Waals surface area contributed by atoms with E-state index in [9.17, 15) is 8.42 Å². The van der Waals surface area contributed by atoms with E-state index >= 15 is 0 Å². The number of sulfone groups is 1. The molecule has 0 aliphatic rings. The maximum absolute atomic E-state index is 12.0. The smallest absolute Gasteiger partial charge is 0.180 e. The summed E-state index contributed by atoms with van der Waals surface area (Å²) in [6.45, 7) is 0.361. The summed E-state index contributed by atoms with van der Waals surface area (Å²) < 4.78 is 26.2. The summed E-state index contributed by atoms with van der Waals surface area (Å²) >= 11 is 5.00. The van der Waals surface area contributed by atoms with Crippen molar-refractivity contribution >= 4 is 22.1 Å². The highest BCUT2D eigenvalue weighted by molar-refractivity contribution is 7.91. The van der Waals surface area contributed by atoms with Gasteiger partial charge in [0.15, 0.2) is 14.6 Å². The molecule has 90 valence electrons. The largest absolute Gasteiger partial charge is 0.337 e. The molecular formula is C11H12N2O2S2. The fourth-order valence-electron chi connectivity index (χ4n) is 1.49. The van der Waals surface area contributed by atoms with Gasteiger partial charge in [0, 0.05) is 18.9 Å². The first-order chi connectivity index (χ1) is 8.09. The maximum atomic E-state index is 12.0. The molecule has 0 aliphatic heterocycles. The van der Waals surface area contributed by atoms with Crippen LogP contribution in [0.3, 0.4) is 0 Å². The first-order valence-corrected chi connectivity index (χ1v) is 7.17. The molecule has 2 aromatic rings. The zero-order chi connectivity index (χ0) is 12.3. The second-order valence-corrected chi connectivity index (χ2v) is 6.09. The Hall–Kier alpha value is -1.40. The predicted octanol–water partition coefficient (Wildman–Crippen LogP) is 2.02. The summed E-state index contributed by atoms with van der Waals surface area (Å²) in [5, 5.41) is 0. The zero-order valence-electron chi connectivity index (χ0n) is 9.04. The van der Waals surface area contributed by atoms with E-state index in [-0.39, 0.29) is 5.75 Å². The van der Waals surface area contributed by atoms with E-state index in [0.29, 0.717) is 16.2 Å². The van der Waals surface area contributed by atoms with Gasteiger partial charge in [-0.15, -0.1) is 0 Å².